The van der Waals surface area contributed by atoms with Crippen molar-refractivity contribution in [1.29, 1.82) is 0 Å². The van der Waals surface area contributed by atoms with E-state index in [0.29, 0.717) is 22.6 Å². The highest BCUT2D eigenvalue weighted by molar-refractivity contribution is 6.08. The molecule has 0 fully saturated rings. The molecule has 8 heteroatoms. The molecule has 5 rings (SSSR count). The number of nitrogens with one attached hydrogen (secondary N) is 3. The van der Waals surface area contributed by atoms with Crippen LogP contribution in [0.1, 0.15) is 33.6 Å². The van der Waals surface area contributed by atoms with E-state index in [9.17, 15) is 9.59 Å². The van der Waals surface area contributed by atoms with Gasteiger partial charge in [-0.25, -0.2) is 9.50 Å². The lowest BCUT2D eigenvalue weighted by atomic mass is 10.1. The summed E-state index contributed by atoms with van der Waals surface area (Å²) in [7, 11) is 0. The molecule has 0 saturated heterocycles. The molecule has 0 saturated carbocycles. The van der Waals surface area contributed by atoms with Crippen LogP contribution in [0.3, 0.4) is 0 Å². The maximum atomic E-state index is 12.8. The van der Waals surface area contributed by atoms with Gasteiger partial charge in [-0.2, -0.15) is 5.10 Å². The van der Waals surface area contributed by atoms with Gasteiger partial charge in [0.1, 0.15) is 11.3 Å². The fourth-order valence-electron chi connectivity index (χ4n) is 3.64. The third-order valence-corrected chi connectivity index (χ3v) is 5.10. The lowest BCUT2D eigenvalue weighted by Crippen LogP contribution is -2.17. The Balaban J connectivity index is 1.57. The molecule has 28 heavy (non-hydrogen) atoms. The Hall–Kier alpha value is -3.68. The molecule has 1 aliphatic rings. The molecule has 140 valence electrons. The van der Waals surface area contributed by atoms with Crippen molar-refractivity contribution in [2.24, 2.45) is 0 Å². The maximum Gasteiger partial charge on any atom is 0.273 e. The number of aryl methyl sites for hydroxylation is 2. The van der Waals surface area contributed by atoms with Crippen LogP contribution in [0.4, 0.5) is 5.69 Å². The third-order valence-electron chi connectivity index (χ3n) is 5.10. The first-order valence-electron chi connectivity index (χ1n) is 9.16. The van der Waals surface area contributed by atoms with Crippen molar-refractivity contribution in [1.82, 2.24) is 24.8 Å². The van der Waals surface area contributed by atoms with E-state index in [4.69, 9.17) is 0 Å². The molecule has 0 spiro atoms. The number of rotatable bonds is 3. The van der Waals surface area contributed by atoms with Crippen LogP contribution in [0.15, 0.2) is 41.3 Å². The molecule has 1 amide bonds. The number of H-pyrrole nitrogens is 2. The summed E-state index contributed by atoms with van der Waals surface area (Å²) >= 11 is 0. The predicted molar refractivity (Wildman–Crippen MR) is 105 cm³/mol. The molecule has 0 bridgehead atoms. The van der Waals surface area contributed by atoms with Gasteiger partial charge in [-0.3, -0.25) is 19.8 Å². The number of nitrogens with zero attached hydrogens (tertiary/aromatic N) is 3. The SMILES string of the molecule is Cc1ccc(NC(=O)c2c[nH]n3c(=O)cc(-c4n[nH]c5c4CCC5)nc23)cc1. The molecular formula is C20H18N6O2. The zero-order valence-corrected chi connectivity index (χ0v) is 15.2. The Morgan fingerprint density at radius 2 is 2.04 bits per heavy atom. The standard InChI is InChI=1S/C20H18N6O2/c1-11-5-7-12(8-6-11)22-20(28)14-10-21-26-17(27)9-16(23-19(14)26)18-13-3-2-4-15(13)24-25-18/h5-10,21H,2-4H2,1H3,(H,22,28)(H,24,25). The average molecular weight is 374 g/mol. The lowest BCUT2D eigenvalue weighted by molar-refractivity contribution is 0.102. The monoisotopic (exact) mass is 374 g/mol. The molecule has 3 aromatic heterocycles. The van der Waals surface area contributed by atoms with E-state index >= 15 is 0 Å². The normalized spacial score (nSPS) is 13.0. The zero-order valence-electron chi connectivity index (χ0n) is 15.2. The highest BCUT2D eigenvalue weighted by Gasteiger charge is 2.22. The number of fused-ring (bicyclic) bond motifs is 2. The Morgan fingerprint density at radius 1 is 1.21 bits per heavy atom. The summed E-state index contributed by atoms with van der Waals surface area (Å²) < 4.78 is 1.26. The fraction of sp³-hybridized carbons (Fsp3) is 0.200. The highest BCUT2D eigenvalue weighted by atomic mass is 16.2. The minimum atomic E-state index is -0.334. The highest BCUT2D eigenvalue weighted by Crippen LogP contribution is 2.29. The zero-order chi connectivity index (χ0) is 19.3. The van der Waals surface area contributed by atoms with Crippen molar-refractivity contribution in [3.05, 3.63) is 69.3 Å². The van der Waals surface area contributed by atoms with E-state index in [1.807, 2.05) is 31.2 Å². The molecule has 1 aromatic carbocycles. The summed E-state index contributed by atoms with van der Waals surface area (Å²) in [5, 5.41) is 13.0. The first-order valence-corrected chi connectivity index (χ1v) is 9.16. The third kappa shape index (κ3) is 2.61. The minimum Gasteiger partial charge on any atom is -0.322 e. The Bertz CT molecular complexity index is 1260. The van der Waals surface area contributed by atoms with Crippen LogP contribution in [0.2, 0.25) is 0 Å². The van der Waals surface area contributed by atoms with Crippen LogP contribution in [0.25, 0.3) is 17.0 Å². The summed E-state index contributed by atoms with van der Waals surface area (Å²) in [5.41, 5.74) is 5.46. The smallest absolute Gasteiger partial charge is 0.273 e. The van der Waals surface area contributed by atoms with E-state index in [2.05, 4.69) is 25.6 Å². The van der Waals surface area contributed by atoms with Crippen molar-refractivity contribution < 1.29 is 4.79 Å². The molecule has 8 nitrogen and oxygen atoms in total. The van der Waals surface area contributed by atoms with Crippen molar-refractivity contribution in [3.8, 4) is 11.4 Å². The van der Waals surface area contributed by atoms with Crippen LogP contribution in [-0.4, -0.2) is 30.7 Å². The second-order valence-electron chi connectivity index (χ2n) is 7.03. The van der Waals surface area contributed by atoms with Crippen molar-refractivity contribution in [2.75, 3.05) is 5.32 Å². The number of hydrogen-bond acceptors (Lipinski definition) is 4. The Labute approximate surface area is 159 Å². The van der Waals surface area contributed by atoms with E-state index in [-0.39, 0.29) is 17.1 Å². The van der Waals surface area contributed by atoms with Gasteiger partial charge in [0.05, 0.1) is 5.69 Å². The molecule has 0 unspecified atom stereocenters. The number of carbonyl (C=O) groups is 1. The number of benzene rings is 1. The Kier molecular flexibility index (Phi) is 3.65. The molecule has 1 aliphatic carbocycles. The van der Waals surface area contributed by atoms with E-state index in [0.717, 1.165) is 36.1 Å². The number of amides is 1. The van der Waals surface area contributed by atoms with Gasteiger partial charge >= 0.3 is 0 Å². The summed E-state index contributed by atoms with van der Waals surface area (Å²) in [6, 6.07) is 8.95. The summed E-state index contributed by atoms with van der Waals surface area (Å²) in [6.45, 7) is 1.98. The van der Waals surface area contributed by atoms with Gasteiger partial charge in [0.2, 0.25) is 0 Å². The van der Waals surface area contributed by atoms with Gasteiger partial charge in [0.25, 0.3) is 11.5 Å². The van der Waals surface area contributed by atoms with Gasteiger partial charge < -0.3 is 5.32 Å². The van der Waals surface area contributed by atoms with Gasteiger partial charge in [0, 0.05) is 29.2 Å². The number of aromatic nitrogens is 5. The molecule has 0 radical (unpaired) electrons. The van der Waals surface area contributed by atoms with Crippen molar-refractivity contribution >= 4 is 17.2 Å². The van der Waals surface area contributed by atoms with Gasteiger partial charge in [-0.15, -0.1) is 0 Å². The average Bonchev–Trinajstić information content (AvgIpc) is 3.38. The number of anilines is 1. The van der Waals surface area contributed by atoms with E-state index in [1.165, 1.54) is 16.8 Å². The summed E-state index contributed by atoms with van der Waals surface area (Å²) in [4.78, 5) is 29.9. The summed E-state index contributed by atoms with van der Waals surface area (Å²) in [5.74, 6) is -0.334. The van der Waals surface area contributed by atoms with Crippen LogP contribution in [0.5, 0.6) is 0 Å². The number of carbonyl (C=O) groups excluding carboxylic acids is 1. The maximum absolute atomic E-state index is 12.8. The molecule has 3 N–H and O–H groups in total. The molecule has 0 aliphatic heterocycles. The topological polar surface area (TPSA) is 108 Å². The van der Waals surface area contributed by atoms with Gasteiger partial charge in [-0.1, -0.05) is 17.7 Å². The predicted octanol–water partition coefficient (Wildman–Crippen LogP) is 2.46. The van der Waals surface area contributed by atoms with Crippen LogP contribution < -0.4 is 10.9 Å². The van der Waals surface area contributed by atoms with Gasteiger partial charge in [-0.05, 0) is 38.3 Å². The van der Waals surface area contributed by atoms with Crippen LogP contribution >= 0.6 is 0 Å². The van der Waals surface area contributed by atoms with Crippen molar-refractivity contribution in [2.45, 2.75) is 26.2 Å². The van der Waals surface area contributed by atoms with E-state index in [1.54, 1.807) is 0 Å². The quantitative estimate of drug-likeness (QED) is 0.512. The Morgan fingerprint density at radius 3 is 2.86 bits per heavy atom. The first kappa shape index (κ1) is 16.5. The first-order chi connectivity index (χ1) is 13.6. The fourth-order valence-corrected chi connectivity index (χ4v) is 3.64. The lowest BCUT2D eigenvalue weighted by Gasteiger charge is -2.05. The largest absolute Gasteiger partial charge is 0.322 e. The molecule has 0 atom stereocenters. The van der Waals surface area contributed by atoms with Gasteiger partial charge in [0.15, 0.2) is 5.65 Å². The number of aromatic amines is 2. The van der Waals surface area contributed by atoms with Crippen LogP contribution in [0, 0.1) is 6.92 Å². The molecule has 4 aromatic rings. The molecular weight excluding hydrogens is 356 g/mol. The van der Waals surface area contributed by atoms with Crippen LogP contribution in [-0.2, 0) is 12.8 Å². The second-order valence-corrected chi connectivity index (χ2v) is 7.03. The second kappa shape index (κ2) is 6.19. The van der Waals surface area contributed by atoms with Crippen molar-refractivity contribution in [3.63, 3.8) is 0 Å². The minimum absolute atomic E-state index is 0.279. The number of hydrogen-bond donors (Lipinski definition) is 3. The molecule has 3 heterocycles. The summed E-state index contributed by atoms with van der Waals surface area (Å²) in [6.07, 6.45) is 4.42. The van der Waals surface area contributed by atoms with E-state index < -0.39 is 0 Å².